The Morgan fingerprint density at radius 2 is 1.78 bits per heavy atom. The molecule has 1 saturated carbocycles. The number of ketones is 2. The average molecular weight is 501 g/mol. The van der Waals surface area contributed by atoms with Gasteiger partial charge in [-0.05, 0) is 60.7 Å². The van der Waals surface area contributed by atoms with E-state index in [1.807, 2.05) is 0 Å². The minimum atomic E-state index is -2.55. The van der Waals surface area contributed by atoms with Gasteiger partial charge < -0.3 is 31.5 Å². The third-order valence-electron chi connectivity index (χ3n) is 7.40. The average Bonchev–Trinajstić information content (AvgIpc) is 2.85. The van der Waals surface area contributed by atoms with Crippen LogP contribution in [0.25, 0.3) is 5.76 Å². The molecule has 7 N–H and O–H groups in total. The summed E-state index contributed by atoms with van der Waals surface area (Å²) in [5, 5.41) is 33.4. The largest absolute Gasteiger partial charge is 0.508 e. The van der Waals surface area contributed by atoms with E-state index in [0.29, 0.717) is 22.6 Å². The summed E-state index contributed by atoms with van der Waals surface area (Å²) in [6, 6.07) is 10.4. The molecule has 188 valence electrons. The highest BCUT2D eigenvalue weighted by atomic mass is 16.5. The molecule has 3 aliphatic rings. The quantitative estimate of drug-likeness (QED) is 0.235. The number of hydrogen-bond donors (Lipinski definition) is 5. The first-order chi connectivity index (χ1) is 17.6. The van der Waals surface area contributed by atoms with Gasteiger partial charge in [0, 0.05) is 34.7 Å². The number of rotatable bonds is 2. The van der Waals surface area contributed by atoms with Crippen LogP contribution in [0.2, 0.25) is 0 Å². The standard InChI is InChI=1S/C28H24N2O7/c1-37-20-9-6-14(5-2-13-3-7-17(29)8-4-13)18-11-15-10-16-12-19(31)23(27(30)35)26(34)28(16,36)25(33)21(15)24(32)22(18)20/h3-4,6-9,15-16,32,34,36H,10-12,29H2,1H3,(H2,30,35)/t15?,16-,28-/m0/s1. The number of nitrogen functional groups attached to an aromatic ring is 1. The minimum absolute atomic E-state index is 0.0992. The van der Waals surface area contributed by atoms with Gasteiger partial charge in [0.1, 0.15) is 22.8 Å². The highest BCUT2D eigenvalue weighted by Gasteiger charge is 2.60. The fourth-order valence-corrected chi connectivity index (χ4v) is 5.60. The molecule has 9 nitrogen and oxygen atoms in total. The van der Waals surface area contributed by atoms with E-state index in [2.05, 4.69) is 11.8 Å². The molecule has 2 aromatic rings. The van der Waals surface area contributed by atoms with Crippen LogP contribution in [-0.2, 0) is 20.8 Å². The van der Waals surface area contributed by atoms with E-state index >= 15 is 0 Å². The van der Waals surface area contributed by atoms with Gasteiger partial charge in [-0.25, -0.2) is 0 Å². The molecule has 0 heterocycles. The van der Waals surface area contributed by atoms with Crippen molar-refractivity contribution in [3.63, 3.8) is 0 Å². The third-order valence-corrected chi connectivity index (χ3v) is 7.40. The molecule has 0 aliphatic heterocycles. The maximum absolute atomic E-state index is 13.6. The number of nitrogens with two attached hydrogens (primary N) is 2. The van der Waals surface area contributed by atoms with Gasteiger partial charge in [-0.3, -0.25) is 14.4 Å². The number of fused-ring (bicyclic) bond motifs is 3. The molecule has 3 atom stereocenters. The predicted octanol–water partition coefficient (Wildman–Crippen LogP) is 1.71. The lowest BCUT2D eigenvalue weighted by Gasteiger charge is -2.46. The van der Waals surface area contributed by atoms with Gasteiger partial charge in [0.15, 0.2) is 11.4 Å². The first kappa shape index (κ1) is 24.2. The van der Waals surface area contributed by atoms with Crippen LogP contribution in [-0.4, -0.2) is 45.5 Å². The van der Waals surface area contributed by atoms with Crippen molar-refractivity contribution in [2.75, 3.05) is 12.8 Å². The van der Waals surface area contributed by atoms with Crippen molar-refractivity contribution in [2.24, 2.45) is 17.6 Å². The lowest BCUT2D eigenvalue weighted by Crippen LogP contribution is -2.58. The van der Waals surface area contributed by atoms with Crippen LogP contribution in [0.1, 0.15) is 35.1 Å². The number of amides is 1. The second-order valence-electron chi connectivity index (χ2n) is 9.45. The molecule has 0 saturated heterocycles. The van der Waals surface area contributed by atoms with Crippen LogP contribution < -0.4 is 16.2 Å². The Kier molecular flexibility index (Phi) is 5.57. The molecule has 1 unspecified atom stereocenters. The Morgan fingerprint density at radius 1 is 1.08 bits per heavy atom. The summed E-state index contributed by atoms with van der Waals surface area (Å²) in [6.07, 6.45) is 0.0339. The smallest absolute Gasteiger partial charge is 0.255 e. The Balaban J connectivity index is 1.66. The van der Waals surface area contributed by atoms with Gasteiger partial charge in [0.2, 0.25) is 5.78 Å². The maximum Gasteiger partial charge on any atom is 0.255 e. The van der Waals surface area contributed by atoms with Gasteiger partial charge in [-0.1, -0.05) is 11.8 Å². The molecule has 1 fully saturated rings. The molecule has 1 amide bonds. The van der Waals surface area contributed by atoms with Crippen molar-refractivity contribution >= 4 is 28.9 Å². The number of aliphatic hydroxyl groups is 3. The summed E-state index contributed by atoms with van der Waals surface area (Å²) in [5.41, 5.74) is 10.4. The molecule has 2 aromatic carbocycles. The van der Waals surface area contributed by atoms with Crippen molar-refractivity contribution in [2.45, 2.75) is 24.9 Å². The van der Waals surface area contributed by atoms with Gasteiger partial charge in [0.05, 0.1) is 12.7 Å². The fraction of sp³-hybridized carbons (Fsp3) is 0.250. The highest BCUT2D eigenvalue weighted by molar-refractivity contribution is 6.22. The lowest BCUT2D eigenvalue weighted by molar-refractivity contribution is -0.147. The highest BCUT2D eigenvalue weighted by Crippen LogP contribution is 2.52. The zero-order chi connectivity index (χ0) is 26.6. The fourth-order valence-electron chi connectivity index (χ4n) is 5.60. The van der Waals surface area contributed by atoms with Gasteiger partial charge >= 0.3 is 0 Å². The predicted molar refractivity (Wildman–Crippen MR) is 133 cm³/mol. The first-order valence-corrected chi connectivity index (χ1v) is 11.6. The molecule has 3 aliphatic carbocycles. The lowest BCUT2D eigenvalue weighted by atomic mass is 9.59. The number of aliphatic hydroxyl groups excluding tert-OH is 2. The molecular weight excluding hydrogens is 476 g/mol. The van der Waals surface area contributed by atoms with Crippen molar-refractivity contribution in [3.8, 4) is 17.6 Å². The normalized spacial score (nSPS) is 24.5. The van der Waals surface area contributed by atoms with Gasteiger partial charge in [-0.15, -0.1) is 0 Å². The van der Waals surface area contributed by atoms with E-state index in [1.54, 1.807) is 36.4 Å². The Bertz CT molecular complexity index is 1510. The van der Waals surface area contributed by atoms with E-state index in [0.717, 1.165) is 5.56 Å². The van der Waals surface area contributed by atoms with Crippen molar-refractivity contribution < 1.29 is 34.4 Å². The summed E-state index contributed by atoms with van der Waals surface area (Å²) >= 11 is 0. The Morgan fingerprint density at radius 3 is 2.43 bits per heavy atom. The number of methoxy groups -OCH3 is 1. The summed E-state index contributed by atoms with van der Waals surface area (Å²) in [7, 11) is 1.42. The van der Waals surface area contributed by atoms with Gasteiger partial charge in [-0.2, -0.15) is 0 Å². The molecule has 37 heavy (non-hydrogen) atoms. The molecule has 0 spiro atoms. The Labute approximate surface area is 212 Å². The molecular formula is C28H24N2O7. The number of carbonyl (C=O) groups is 3. The summed E-state index contributed by atoms with van der Waals surface area (Å²) in [4.78, 5) is 37.9. The maximum atomic E-state index is 13.6. The van der Waals surface area contributed by atoms with Crippen LogP contribution in [0.5, 0.6) is 5.75 Å². The second-order valence-corrected chi connectivity index (χ2v) is 9.45. The zero-order valence-electron chi connectivity index (χ0n) is 19.9. The number of ether oxygens (including phenoxy) is 1. The second kappa shape index (κ2) is 8.54. The molecule has 9 heteroatoms. The minimum Gasteiger partial charge on any atom is -0.508 e. The summed E-state index contributed by atoms with van der Waals surface area (Å²) < 4.78 is 5.45. The SMILES string of the molecule is COc1ccc(C#Cc2ccc(N)cc2)c2c1C(O)=C1C(=O)[C@]3(O)C(O)=C(C(N)=O)C(=O)C[C@@H]3CC1C2. The number of hydrogen-bond acceptors (Lipinski definition) is 8. The van der Waals surface area contributed by atoms with Crippen molar-refractivity contribution in [1.82, 2.24) is 0 Å². The number of anilines is 1. The third kappa shape index (κ3) is 3.57. The summed E-state index contributed by atoms with van der Waals surface area (Å²) in [6.45, 7) is 0. The van der Waals surface area contributed by atoms with Crippen LogP contribution in [0.3, 0.4) is 0 Å². The molecule has 0 bridgehead atoms. The molecule has 0 aromatic heterocycles. The molecule has 0 radical (unpaired) electrons. The number of Topliss-reactive ketones (excluding diaryl/α,β-unsaturated/α-hetero) is 2. The van der Waals surface area contributed by atoms with E-state index in [4.69, 9.17) is 16.2 Å². The molecule has 5 rings (SSSR count). The van der Waals surface area contributed by atoms with Crippen LogP contribution in [0.4, 0.5) is 5.69 Å². The first-order valence-electron chi connectivity index (χ1n) is 11.6. The van der Waals surface area contributed by atoms with Crippen LogP contribution >= 0.6 is 0 Å². The topological polar surface area (TPSA) is 173 Å². The van der Waals surface area contributed by atoms with Crippen molar-refractivity contribution in [3.05, 3.63) is 75.6 Å². The number of carbonyl (C=O) groups excluding carboxylic acids is 3. The zero-order valence-corrected chi connectivity index (χ0v) is 19.9. The van der Waals surface area contributed by atoms with Gasteiger partial charge in [0.25, 0.3) is 5.91 Å². The van der Waals surface area contributed by atoms with E-state index in [-0.39, 0.29) is 30.4 Å². The van der Waals surface area contributed by atoms with Crippen LogP contribution in [0.15, 0.2) is 53.3 Å². The van der Waals surface area contributed by atoms with E-state index < -0.39 is 52.0 Å². The summed E-state index contributed by atoms with van der Waals surface area (Å²) in [5.74, 6) is 0.522. The van der Waals surface area contributed by atoms with Crippen LogP contribution in [0, 0.1) is 23.7 Å². The van der Waals surface area contributed by atoms with Crippen molar-refractivity contribution in [1.29, 1.82) is 0 Å². The van der Waals surface area contributed by atoms with E-state index in [1.165, 1.54) is 7.11 Å². The van der Waals surface area contributed by atoms with E-state index in [9.17, 15) is 29.7 Å². The number of primary amides is 1. The Hall–Kier alpha value is -4.55. The monoisotopic (exact) mass is 500 g/mol. The number of benzene rings is 2.